The molecular weight excluding hydrogens is 264 g/mol. The molecule has 0 fully saturated rings. The van der Waals surface area contributed by atoms with E-state index in [2.05, 4.69) is 9.97 Å². The van der Waals surface area contributed by atoms with Crippen LogP contribution in [0.5, 0.6) is 0 Å². The second kappa shape index (κ2) is 5.80. The van der Waals surface area contributed by atoms with E-state index in [9.17, 15) is 4.79 Å². The molecule has 1 aromatic carbocycles. The second-order valence-corrected chi connectivity index (χ2v) is 4.29. The topological polar surface area (TPSA) is 52.1 Å². The molecular formula is C14H13ClN2O2. The van der Waals surface area contributed by atoms with E-state index in [1.807, 2.05) is 31.2 Å². The Bertz CT molecular complexity index is 614. The average molecular weight is 277 g/mol. The summed E-state index contributed by atoms with van der Waals surface area (Å²) in [5, 5.41) is 0.103. The minimum absolute atomic E-state index is 0.103. The van der Waals surface area contributed by atoms with Gasteiger partial charge in [0.2, 0.25) is 0 Å². The Hall–Kier alpha value is -1.94. The fourth-order valence-electron chi connectivity index (χ4n) is 1.66. The highest BCUT2D eigenvalue weighted by atomic mass is 35.5. The summed E-state index contributed by atoms with van der Waals surface area (Å²) < 4.78 is 4.87. The van der Waals surface area contributed by atoms with Gasteiger partial charge in [0.25, 0.3) is 0 Å². The summed E-state index contributed by atoms with van der Waals surface area (Å²) in [4.78, 5) is 19.9. The molecule has 0 aliphatic heterocycles. The molecule has 0 unspecified atom stereocenters. The number of aromatic nitrogens is 2. The summed E-state index contributed by atoms with van der Waals surface area (Å²) in [5.41, 5.74) is 2.11. The highest BCUT2D eigenvalue weighted by Gasteiger charge is 2.15. The minimum atomic E-state index is -0.510. The van der Waals surface area contributed by atoms with Crippen LogP contribution in [0, 0.1) is 6.92 Å². The van der Waals surface area contributed by atoms with E-state index in [1.54, 1.807) is 6.92 Å². The maximum atomic E-state index is 11.6. The van der Waals surface area contributed by atoms with E-state index in [0.717, 1.165) is 11.1 Å². The number of nitrogens with zero attached hydrogens (tertiary/aromatic N) is 2. The number of carbonyl (C=O) groups excluding carboxylic acids is 1. The number of aryl methyl sites for hydroxylation is 1. The Kier molecular flexibility index (Phi) is 4.12. The van der Waals surface area contributed by atoms with Crippen molar-refractivity contribution in [2.75, 3.05) is 6.61 Å². The SMILES string of the molecule is CCOC(=O)c1cnc(-c2ccccc2C)nc1Cl. The largest absolute Gasteiger partial charge is 0.462 e. The normalized spacial score (nSPS) is 10.3. The highest BCUT2D eigenvalue weighted by molar-refractivity contribution is 6.32. The van der Waals surface area contributed by atoms with Crippen molar-refractivity contribution in [1.82, 2.24) is 9.97 Å². The van der Waals surface area contributed by atoms with Gasteiger partial charge in [0, 0.05) is 11.8 Å². The maximum absolute atomic E-state index is 11.6. The van der Waals surface area contributed by atoms with Crippen molar-refractivity contribution in [3.8, 4) is 11.4 Å². The van der Waals surface area contributed by atoms with Gasteiger partial charge in [-0.3, -0.25) is 0 Å². The first-order valence-electron chi connectivity index (χ1n) is 5.89. The number of hydrogen-bond acceptors (Lipinski definition) is 4. The van der Waals surface area contributed by atoms with Gasteiger partial charge in [0.05, 0.1) is 6.61 Å². The first kappa shape index (κ1) is 13.5. The van der Waals surface area contributed by atoms with Crippen LogP contribution in [0.15, 0.2) is 30.5 Å². The van der Waals surface area contributed by atoms with Crippen LogP contribution in [0.2, 0.25) is 5.15 Å². The van der Waals surface area contributed by atoms with Crippen LogP contribution < -0.4 is 0 Å². The van der Waals surface area contributed by atoms with Gasteiger partial charge in [0.1, 0.15) is 10.7 Å². The van der Waals surface area contributed by atoms with Crippen LogP contribution in [0.1, 0.15) is 22.8 Å². The third-order valence-electron chi connectivity index (χ3n) is 2.62. The van der Waals surface area contributed by atoms with Crippen LogP contribution in [-0.2, 0) is 4.74 Å². The summed E-state index contributed by atoms with van der Waals surface area (Å²) in [5.74, 6) is -0.0139. The van der Waals surface area contributed by atoms with Gasteiger partial charge < -0.3 is 4.74 Å². The molecule has 5 heteroatoms. The molecule has 0 saturated carbocycles. The summed E-state index contributed by atoms with van der Waals surface area (Å²) in [7, 11) is 0. The van der Waals surface area contributed by atoms with Crippen molar-refractivity contribution in [2.45, 2.75) is 13.8 Å². The van der Waals surface area contributed by atoms with Gasteiger partial charge in [-0.1, -0.05) is 35.9 Å². The molecule has 19 heavy (non-hydrogen) atoms. The molecule has 1 heterocycles. The predicted molar refractivity (Wildman–Crippen MR) is 73.2 cm³/mol. The molecule has 0 amide bonds. The smallest absolute Gasteiger partial charge is 0.342 e. The second-order valence-electron chi connectivity index (χ2n) is 3.93. The lowest BCUT2D eigenvalue weighted by Crippen LogP contribution is -2.07. The number of benzene rings is 1. The molecule has 1 aromatic heterocycles. The molecule has 98 valence electrons. The number of carbonyl (C=O) groups is 1. The van der Waals surface area contributed by atoms with E-state index in [4.69, 9.17) is 16.3 Å². The number of ether oxygens (including phenoxy) is 1. The quantitative estimate of drug-likeness (QED) is 0.638. The molecule has 0 bridgehead atoms. The Morgan fingerprint density at radius 1 is 1.37 bits per heavy atom. The Morgan fingerprint density at radius 2 is 2.11 bits per heavy atom. The van der Waals surface area contributed by atoms with Gasteiger partial charge in [-0.2, -0.15) is 0 Å². The fourth-order valence-corrected chi connectivity index (χ4v) is 1.87. The molecule has 0 N–H and O–H groups in total. The number of rotatable bonds is 3. The Morgan fingerprint density at radius 3 is 2.74 bits per heavy atom. The summed E-state index contributed by atoms with van der Waals surface area (Å²) in [6.07, 6.45) is 1.40. The number of hydrogen-bond donors (Lipinski definition) is 0. The first-order chi connectivity index (χ1) is 9.13. The third-order valence-corrected chi connectivity index (χ3v) is 2.91. The van der Waals surface area contributed by atoms with Crippen LogP contribution >= 0.6 is 11.6 Å². The van der Waals surface area contributed by atoms with Crippen LogP contribution in [0.4, 0.5) is 0 Å². The zero-order valence-corrected chi connectivity index (χ0v) is 11.4. The van der Waals surface area contributed by atoms with E-state index < -0.39 is 5.97 Å². The van der Waals surface area contributed by atoms with Gasteiger partial charge in [-0.25, -0.2) is 14.8 Å². The van der Waals surface area contributed by atoms with Crippen molar-refractivity contribution < 1.29 is 9.53 Å². The molecule has 0 aliphatic rings. The van der Waals surface area contributed by atoms with Gasteiger partial charge in [0.15, 0.2) is 5.82 Å². The maximum Gasteiger partial charge on any atom is 0.342 e. The molecule has 2 rings (SSSR count). The predicted octanol–water partition coefficient (Wildman–Crippen LogP) is 3.28. The standard InChI is InChI=1S/C14H13ClN2O2/c1-3-19-14(18)11-8-16-13(17-12(11)15)10-7-5-4-6-9(10)2/h4-8H,3H2,1-2H3. The lowest BCUT2D eigenvalue weighted by molar-refractivity contribution is 0.0525. The van der Waals surface area contributed by atoms with Crippen LogP contribution in [0.25, 0.3) is 11.4 Å². The number of esters is 1. The Labute approximate surface area is 116 Å². The molecule has 0 saturated heterocycles. The molecule has 0 aliphatic carbocycles. The van der Waals surface area contributed by atoms with E-state index >= 15 is 0 Å². The lowest BCUT2D eigenvalue weighted by atomic mass is 10.1. The van der Waals surface area contributed by atoms with Crippen molar-refractivity contribution in [1.29, 1.82) is 0 Å². The fraction of sp³-hybridized carbons (Fsp3) is 0.214. The van der Waals surface area contributed by atoms with Crippen LogP contribution in [0.3, 0.4) is 0 Å². The third kappa shape index (κ3) is 2.90. The summed E-state index contributed by atoms with van der Waals surface area (Å²) in [6.45, 7) is 3.98. The number of halogens is 1. The highest BCUT2D eigenvalue weighted by Crippen LogP contribution is 2.22. The van der Waals surface area contributed by atoms with Crippen molar-refractivity contribution in [3.63, 3.8) is 0 Å². The molecule has 0 atom stereocenters. The molecule has 0 radical (unpaired) electrons. The van der Waals surface area contributed by atoms with Gasteiger partial charge in [-0.15, -0.1) is 0 Å². The monoisotopic (exact) mass is 276 g/mol. The molecule has 4 nitrogen and oxygen atoms in total. The average Bonchev–Trinajstić information content (AvgIpc) is 2.39. The van der Waals surface area contributed by atoms with Crippen molar-refractivity contribution >= 4 is 17.6 Å². The molecule has 2 aromatic rings. The zero-order valence-electron chi connectivity index (χ0n) is 10.7. The molecule has 0 spiro atoms. The van der Waals surface area contributed by atoms with Crippen molar-refractivity contribution in [2.24, 2.45) is 0 Å². The zero-order chi connectivity index (χ0) is 13.8. The van der Waals surface area contributed by atoms with E-state index in [-0.39, 0.29) is 17.3 Å². The van der Waals surface area contributed by atoms with Crippen molar-refractivity contribution in [3.05, 3.63) is 46.7 Å². The lowest BCUT2D eigenvalue weighted by Gasteiger charge is -2.07. The minimum Gasteiger partial charge on any atom is -0.462 e. The van der Waals surface area contributed by atoms with E-state index in [0.29, 0.717) is 5.82 Å². The van der Waals surface area contributed by atoms with E-state index in [1.165, 1.54) is 6.20 Å². The van der Waals surface area contributed by atoms with Crippen LogP contribution in [-0.4, -0.2) is 22.5 Å². The summed E-state index contributed by atoms with van der Waals surface area (Å²) >= 11 is 6.01. The van der Waals surface area contributed by atoms with Gasteiger partial charge in [-0.05, 0) is 19.4 Å². The first-order valence-corrected chi connectivity index (χ1v) is 6.27. The Balaban J connectivity index is 2.39. The summed E-state index contributed by atoms with van der Waals surface area (Å²) in [6, 6.07) is 7.71. The van der Waals surface area contributed by atoms with Gasteiger partial charge >= 0.3 is 5.97 Å².